The van der Waals surface area contributed by atoms with Crippen LogP contribution in [0.3, 0.4) is 0 Å². The number of aryl methyl sites for hydroxylation is 1. The van der Waals surface area contributed by atoms with E-state index in [9.17, 15) is 13.2 Å². The van der Waals surface area contributed by atoms with E-state index in [1.165, 1.54) is 18.1 Å². The highest BCUT2D eigenvalue weighted by Crippen LogP contribution is 2.42. The lowest BCUT2D eigenvalue weighted by molar-refractivity contribution is 0.0496. The zero-order valence-corrected chi connectivity index (χ0v) is 17.8. The molecule has 2 aliphatic heterocycles. The monoisotopic (exact) mass is 459 g/mol. The number of thioether (sulfide) groups is 1. The molecule has 31 heavy (non-hydrogen) atoms. The number of ether oxygens (including phenoxy) is 1. The van der Waals surface area contributed by atoms with Crippen LogP contribution in [0.5, 0.6) is 0 Å². The van der Waals surface area contributed by atoms with Gasteiger partial charge in [0.1, 0.15) is 11.8 Å². The van der Waals surface area contributed by atoms with E-state index >= 15 is 0 Å². The zero-order valence-electron chi connectivity index (χ0n) is 16.1. The summed E-state index contributed by atoms with van der Waals surface area (Å²) in [6.45, 7) is 1.13. The number of nitrogens with two attached hydrogens (primary N) is 1. The van der Waals surface area contributed by atoms with E-state index in [2.05, 4.69) is 19.3 Å². The smallest absolute Gasteiger partial charge is 0.338 e. The zero-order chi connectivity index (χ0) is 21.6. The molecule has 11 nitrogen and oxygen atoms in total. The van der Waals surface area contributed by atoms with Crippen LogP contribution in [0.25, 0.3) is 11.2 Å². The summed E-state index contributed by atoms with van der Waals surface area (Å²) < 4.78 is 34.5. The molecule has 2 aliphatic rings. The highest BCUT2D eigenvalue weighted by atomic mass is 32.2. The number of fused-ring (bicyclic) bond motifs is 4. The Hall–Kier alpha value is -3.19. The van der Waals surface area contributed by atoms with Crippen LogP contribution in [0.2, 0.25) is 0 Å². The van der Waals surface area contributed by atoms with Gasteiger partial charge < -0.3 is 19.9 Å². The van der Waals surface area contributed by atoms with Crippen molar-refractivity contribution in [2.45, 2.75) is 17.9 Å². The van der Waals surface area contributed by atoms with Gasteiger partial charge in [-0.25, -0.2) is 28.2 Å². The lowest BCUT2D eigenvalue weighted by Gasteiger charge is -2.22. The number of rotatable bonds is 5. The molecular weight excluding hydrogens is 442 g/mol. The molecule has 13 heteroatoms. The minimum Gasteiger partial charge on any atom is -0.462 e. The molecule has 0 saturated heterocycles. The number of benzene rings is 1. The summed E-state index contributed by atoms with van der Waals surface area (Å²) in [6, 6.07) is 5.18. The summed E-state index contributed by atoms with van der Waals surface area (Å²) in [6.07, 6.45) is 3.59. The normalized spacial score (nSPS) is 16.6. The Morgan fingerprint density at radius 2 is 2.13 bits per heavy atom. The topological polar surface area (TPSA) is 146 Å². The largest absolute Gasteiger partial charge is 0.462 e. The minimum atomic E-state index is -3.42. The number of imidazole rings is 1. The third kappa shape index (κ3) is 3.70. The maximum Gasteiger partial charge on any atom is 0.338 e. The van der Waals surface area contributed by atoms with Gasteiger partial charge in [-0.15, -0.1) is 4.40 Å². The van der Waals surface area contributed by atoms with Crippen LogP contribution in [0.15, 0.2) is 40.1 Å². The summed E-state index contributed by atoms with van der Waals surface area (Å²) in [4.78, 5) is 27.4. The van der Waals surface area contributed by atoms with Crippen molar-refractivity contribution in [3.8, 4) is 0 Å². The molecule has 4 heterocycles. The number of anilines is 2. The van der Waals surface area contributed by atoms with Gasteiger partial charge in [-0.2, -0.15) is 0 Å². The second-order valence-electron chi connectivity index (χ2n) is 6.95. The molecule has 0 bridgehead atoms. The molecular formula is C18H17N7O4S2. The first-order valence-corrected chi connectivity index (χ1v) is 11.8. The maximum absolute atomic E-state index is 12.5. The van der Waals surface area contributed by atoms with E-state index < -0.39 is 16.0 Å². The fraction of sp³-hybridized carbons (Fsp3) is 0.278. The quantitative estimate of drug-likeness (QED) is 0.437. The minimum absolute atomic E-state index is 0.0227. The van der Waals surface area contributed by atoms with Crippen LogP contribution in [0.4, 0.5) is 11.5 Å². The van der Waals surface area contributed by atoms with Crippen molar-refractivity contribution < 1.29 is 17.9 Å². The molecule has 0 atom stereocenters. The number of carbonyl (C=O) groups is 1. The van der Waals surface area contributed by atoms with Gasteiger partial charge in [0, 0.05) is 18.0 Å². The molecule has 5 rings (SSSR count). The average molecular weight is 460 g/mol. The number of aromatic nitrogens is 4. The van der Waals surface area contributed by atoms with Crippen molar-refractivity contribution in [2.24, 2.45) is 4.40 Å². The molecule has 2 aromatic heterocycles. The number of nitrogens with zero attached hydrogens (tertiary/aromatic N) is 6. The van der Waals surface area contributed by atoms with E-state index in [4.69, 9.17) is 10.5 Å². The maximum atomic E-state index is 12.5. The number of esters is 1. The number of nitrogen functional groups attached to an aromatic ring is 1. The van der Waals surface area contributed by atoms with Crippen molar-refractivity contribution in [3.05, 3.63) is 36.4 Å². The molecule has 0 spiro atoms. The Morgan fingerprint density at radius 1 is 1.26 bits per heavy atom. The summed E-state index contributed by atoms with van der Waals surface area (Å²) >= 11 is 1.24. The van der Waals surface area contributed by atoms with Gasteiger partial charge in [0.2, 0.25) is 0 Å². The summed E-state index contributed by atoms with van der Waals surface area (Å²) in [5, 5.41) is 0.420. The summed E-state index contributed by atoms with van der Waals surface area (Å²) in [7, 11) is -3.42. The Bertz CT molecular complexity index is 1340. The van der Waals surface area contributed by atoms with Gasteiger partial charge in [0.15, 0.2) is 16.6 Å². The molecule has 0 saturated carbocycles. The second-order valence-corrected chi connectivity index (χ2v) is 9.72. The van der Waals surface area contributed by atoms with Crippen LogP contribution < -0.4 is 10.6 Å². The first-order valence-electron chi connectivity index (χ1n) is 9.42. The summed E-state index contributed by atoms with van der Waals surface area (Å²) in [5.74, 6) is -0.139. The van der Waals surface area contributed by atoms with Crippen molar-refractivity contribution in [1.82, 2.24) is 19.5 Å². The van der Waals surface area contributed by atoms with E-state index in [0.717, 1.165) is 10.6 Å². The highest BCUT2D eigenvalue weighted by Gasteiger charge is 2.33. The molecule has 2 N–H and O–H groups in total. The van der Waals surface area contributed by atoms with E-state index in [-0.39, 0.29) is 12.4 Å². The summed E-state index contributed by atoms with van der Waals surface area (Å²) in [5.41, 5.74) is 8.22. The lowest BCUT2D eigenvalue weighted by Crippen LogP contribution is -2.35. The molecule has 0 amide bonds. The van der Waals surface area contributed by atoms with Crippen LogP contribution in [-0.4, -0.2) is 58.0 Å². The third-order valence-corrected chi connectivity index (χ3v) is 7.22. The Kier molecular flexibility index (Phi) is 4.78. The van der Waals surface area contributed by atoms with Crippen molar-refractivity contribution in [3.63, 3.8) is 0 Å². The first kappa shape index (κ1) is 19.8. The number of hydrogen-bond donors (Lipinski definition) is 1. The first-order chi connectivity index (χ1) is 14.9. The van der Waals surface area contributed by atoms with Gasteiger partial charge in [-0.05, 0) is 36.4 Å². The van der Waals surface area contributed by atoms with E-state index in [0.29, 0.717) is 47.2 Å². The number of sulfonamides is 1. The molecule has 0 radical (unpaired) electrons. The Labute approximate surface area is 181 Å². The van der Waals surface area contributed by atoms with Gasteiger partial charge in [-0.3, -0.25) is 0 Å². The predicted molar refractivity (Wildman–Crippen MR) is 116 cm³/mol. The number of amidine groups is 1. The van der Waals surface area contributed by atoms with Crippen molar-refractivity contribution >= 4 is 55.6 Å². The van der Waals surface area contributed by atoms with E-state index in [1.54, 1.807) is 24.5 Å². The van der Waals surface area contributed by atoms with Gasteiger partial charge >= 0.3 is 5.97 Å². The molecule has 1 aromatic carbocycles. The predicted octanol–water partition coefficient (Wildman–Crippen LogP) is 1.27. The Morgan fingerprint density at radius 3 is 3.00 bits per heavy atom. The molecule has 0 aliphatic carbocycles. The molecule has 0 unspecified atom stereocenters. The average Bonchev–Trinajstić information content (AvgIpc) is 3.31. The standard InChI is InChI=1S/C18H17N7O4S2/c19-15-14-16(21-9-20-15)24(10-22-14)4-1-6-29-17(26)11-2-3-12-13(8-11)30-18-23-31(27,28)7-5-25(12)18/h2-3,8-10H,1,4-7H2,(H2,19,20,21). The lowest BCUT2D eigenvalue weighted by atomic mass is 10.2. The Balaban J connectivity index is 1.21. The molecule has 0 fully saturated rings. The SMILES string of the molecule is Nc1ncnc2c1ncn2CCCOC(=O)c1ccc2c(c1)SC1=NS(=O)(=O)CCN12. The van der Waals surface area contributed by atoms with Gasteiger partial charge in [0.25, 0.3) is 10.0 Å². The van der Waals surface area contributed by atoms with Gasteiger partial charge in [-0.1, -0.05) is 0 Å². The molecule has 3 aromatic rings. The fourth-order valence-corrected chi connectivity index (χ4v) is 5.70. The van der Waals surface area contributed by atoms with Crippen LogP contribution in [-0.2, 0) is 21.3 Å². The van der Waals surface area contributed by atoms with E-state index in [1.807, 2.05) is 9.47 Å². The van der Waals surface area contributed by atoms with Crippen LogP contribution in [0, 0.1) is 0 Å². The number of carbonyl (C=O) groups excluding carboxylic acids is 1. The molecule has 160 valence electrons. The second kappa shape index (κ2) is 7.50. The fourth-order valence-electron chi connectivity index (χ4n) is 3.40. The van der Waals surface area contributed by atoms with Gasteiger partial charge in [0.05, 0.1) is 29.9 Å². The van der Waals surface area contributed by atoms with Crippen molar-refractivity contribution in [1.29, 1.82) is 0 Å². The number of hydrogen-bond acceptors (Lipinski definition) is 10. The highest BCUT2D eigenvalue weighted by molar-refractivity contribution is 8.15. The third-order valence-electron chi connectivity index (χ3n) is 4.91. The van der Waals surface area contributed by atoms with Crippen LogP contribution >= 0.6 is 11.8 Å². The van der Waals surface area contributed by atoms with Crippen molar-refractivity contribution in [2.75, 3.05) is 29.5 Å². The van der Waals surface area contributed by atoms with Crippen LogP contribution in [0.1, 0.15) is 16.8 Å².